The van der Waals surface area contributed by atoms with Crippen LogP contribution in [0, 0.1) is 11.8 Å². The van der Waals surface area contributed by atoms with Crippen molar-refractivity contribution in [3.8, 4) is 0 Å². The van der Waals surface area contributed by atoms with Gasteiger partial charge in [0.05, 0.1) is 25.9 Å². The van der Waals surface area contributed by atoms with E-state index >= 15 is 0 Å². The summed E-state index contributed by atoms with van der Waals surface area (Å²) >= 11 is 0. The molecule has 4 N–H and O–H groups in total. The first-order valence-electron chi connectivity index (χ1n) is 10.8. The van der Waals surface area contributed by atoms with E-state index in [9.17, 15) is 29.4 Å². The van der Waals surface area contributed by atoms with E-state index in [1.807, 2.05) is 26.0 Å². The second-order valence-electron chi connectivity index (χ2n) is 8.85. The molecule has 2 aliphatic rings. The lowest BCUT2D eigenvalue weighted by atomic mass is 9.82. The lowest BCUT2D eigenvalue weighted by Crippen LogP contribution is -2.56. The van der Waals surface area contributed by atoms with Gasteiger partial charge in [0.2, 0.25) is 11.8 Å². The van der Waals surface area contributed by atoms with Crippen molar-refractivity contribution < 1.29 is 34.1 Å². The highest BCUT2D eigenvalue weighted by atomic mass is 16.6. The fraction of sp³-hybridized carbons (Fsp3) is 0.565. The van der Waals surface area contributed by atoms with E-state index in [4.69, 9.17) is 4.74 Å². The molecule has 1 saturated heterocycles. The molecule has 0 bridgehead atoms. The number of aryl methyl sites for hydroxylation is 1. The van der Waals surface area contributed by atoms with Gasteiger partial charge in [-0.2, -0.15) is 0 Å². The van der Waals surface area contributed by atoms with Crippen LogP contribution in [0.3, 0.4) is 0 Å². The predicted molar refractivity (Wildman–Crippen MR) is 114 cm³/mol. The van der Waals surface area contributed by atoms with E-state index in [1.54, 1.807) is 12.1 Å². The van der Waals surface area contributed by atoms with E-state index in [0.29, 0.717) is 24.8 Å². The number of Topliss-reactive ketones (excluding diaryl/α,β-unsaturated/α-hetero) is 2. The monoisotopic (exact) mass is 446 g/mol. The van der Waals surface area contributed by atoms with Gasteiger partial charge in [0.1, 0.15) is 12.0 Å². The maximum absolute atomic E-state index is 12.8. The van der Waals surface area contributed by atoms with Gasteiger partial charge < -0.3 is 25.6 Å². The molecule has 2 amide bonds. The van der Waals surface area contributed by atoms with Gasteiger partial charge in [0.25, 0.3) is 0 Å². The second kappa shape index (κ2) is 9.89. The lowest BCUT2D eigenvalue weighted by Gasteiger charge is -2.26. The number of benzene rings is 1. The molecule has 1 aliphatic heterocycles. The van der Waals surface area contributed by atoms with Gasteiger partial charge in [-0.25, -0.2) is 0 Å². The van der Waals surface area contributed by atoms with E-state index in [2.05, 4.69) is 10.6 Å². The maximum Gasteiger partial charge on any atom is 0.245 e. The highest BCUT2D eigenvalue weighted by molar-refractivity contribution is 6.12. The summed E-state index contributed by atoms with van der Waals surface area (Å²) in [6.45, 7) is 2.66. The smallest absolute Gasteiger partial charge is 0.245 e. The summed E-state index contributed by atoms with van der Waals surface area (Å²) in [6.07, 6.45) is 1.18. The van der Waals surface area contributed by atoms with Crippen LogP contribution in [0.25, 0.3) is 0 Å². The number of fused-ring (bicyclic) bond motifs is 1. The van der Waals surface area contributed by atoms with Crippen LogP contribution in [0.2, 0.25) is 0 Å². The molecule has 4 atom stereocenters. The average Bonchev–Trinajstić information content (AvgIpc) is 3.57. The Morgan fingerprint density at radius 3 is 2.44 bits per heavy atom. The van der Waals surface area contributed by atoms with Crippen LogP contribution < -0.4 is 10.6 Å². The van der Waals surface area contributed by atoms with E-state index in [1.165, 1.54) is 0 Å². The number of ether oxygens (including phenoxy) is 1. The third-order valence-electron chi connectivity index (χ3n) is 5.97. The zero-order chi connectivity index (χ0) is 23.5. The Hall–Kier alpha value is -2.62. The van der Waals surface area contributed by atoms with E-state index in [-0.39, 0.29) is 18.3 Å². The number of aliphatic hydroxyl groups is 2. The van der Waals surface area contributed by atoms with Crippen LogP contribution in [-0.4, -0.2) is 71.1 Å². The number of epoxide rings is 1. The summed E-state index contributed by atoms with van der Waals surface area (Å²) in [5.41, 5.74) is 0.0746. The Labute approximate surface area is 186 Å². The molecule has 9 nitrogen and oxygen atoms in total. The Morgan fingerprint density at radius 1 is 1.16 bits per heavy atom. The molecule has 32 heavy (non-hydrogen) atoms. The maximum atomic E-state index is 12.8. The van der Waals surface area contributed by atoms with Gasteiger partial charge in [-0.3, -0.25) is 19.2 Å². The molecule has 1 fully saturated rings. The van der Waals surface area contributed by atoms with Crippen molar-refractivity contribution in [1.82, 2.24) is 10.6 Å². The fourth-order valence-electron chi connectivity index (χ4n) is 4.01. The normalized spacial score (nSPS) is 23.8. The number of ketones is 2. The zero-order valence-electron chi connectivity index (χ0n) is 18.3. The van der Waals surface area contributed by atoms with E-state index in [0.717, 1.165) is 5.56 Å². The average molecular weight is 447 g/mol. The largest absolute Gasteiger partial charge is 0.394 e. The number of amides is 2. The predicted octanol–water partition coefficient (Wildman–Crippen LogP) is -0.230. The van der Waals surface area contributed by atoms with Crippen molar-refractivity contribution in [3.05, 3.63) is 35.4 Å². The SMILES string of the molecule is CC(C)CC(NC(=O)C(CO)NC(=O)C1CCc2ccccc2C1=O)C(=O)C1(CO)CO1. The van der Waals surface area contributed by atoms with Crippen LogP contribution in [0.5, 0.6) is 0 Å². The number of carbonyl (C=O) groups excluding carboxylic acids is 4. The number of hydrogen-bond donors (Lipinski definition) is 4. The molecule has 1 heterocycles. The molecule has 0 aromatic heterocycles. The molecule has 0 saturated carbocycles. The zero-order valence-corrected chi connectivity index (χ0v) is 18.3. The molecule has 1 aromatic carbocycles. The molecule has 1 aromatic rings. The summed E-state index contributed by atoms with van der Waals surface area (Å²) in [4.78, 5) is 51.0. The van der Waals surface area contributed by atoms with Crippen LogP contribution in [0.15, 0.2) is 24.3 Å². The van der Waals surface area contributed by atoms with Crippen LogP contribution in [0.1, 0.15) is 42.6 Å². The standard InChI is InChI=1S/C23H30N2O7/c1-13(2)9-17(20(29)23(11-27)12-32-23)24-22(31)18(10-26)25-21(30)16-8-7-14-5-3-4-6-15(14)19(16)28/h3-6,13,16-18,26-27H,7-12H2,1-2H3,(H,24,31)(H,25,30). The van der Waals surface area contributed by atoms with Crippen molar-refractivity contribution in [1.29, 1.82) is 0 Å². The Balaban J connectivity index is 1.66. The van der Waals surface area contributed by atoms with Crippen molar-refractivity contribution in [2.75, 3.05) is 19.8 Å². The summed E-state index contributed by atoms with van der Waals surface area (Å²) in [6, 6.07) is 4.83. The Morgan fingerprint density at radius 2 is 1.84 bits per heavy atom. The minimum Gasteiger partial charge on any atom is -0.394 e. The first-order valence-corrected chi connectivity index (χ1v) is 10.8. The van der Waals surface area contributed by atoms with Crippen LogP contribution in [0.4, 0.5) is 0 Å². The number of carbonyl (C=O) groups is 4. The third kappa shape index (κ3) is 5.06. The van der Waals surface area contributed by atoms with E-state index < -0.39 is 54.4 Å². The van der Waals surface area contributed by atoms with Gasteiger partial charge in [0.15, 0.2) is 17.2 Å². The van der Waals surface area contributed by atoms with Gasteiger partial charge in [-0.1, -0.05) is 38.1 Å². The molecule has 174 valence electrons. The number of nitrogens with one attached hydrogen (secondary N) is 2. The van der Waals surface area contributed by atoms with Crippen LogP contribution >= 0.6 is 0 Å². The van der Waals surface area contributed by atoms with Crippen molar-refractivity contribution in [3.63, 3.8) is 0 Å². The lowest BCUT2D eigenvalue weighted by molar-refractivity contribution is -0.135. The quantitative estimate of drug-likeness (QED) is 0.287. The molecule has 3 rings (SSSR count). The van der Waals surface area contributed by atoms with Crippen molar-refractivity contribution >= 4 is 23.4 Å². The molecule has 9 heteroatoms. The van der Waals surface area contributed by atoms with Gasteiger partial charge in [0, 0.05) is 5.56 Å². The first kappa shape index (κ1) is 24.0. The highest BCUT2D eigenvalue weighted by Gasteiger charge is 2.54. The minimum atomic E-state index is -1.32. The number of hydrogen-bond acceptors (Lipinski definition) is 7. The van der Waals surface area contributed by atoms with Crippen molar-refractivity contribution in [2.45, 2.75) is 50.8 Å². The van der Waals surface area contributed by atoms with Gasteiger partial charge in [-0.15, -0.1) is 0 Å². The van der Waals surface area contributed by atoms with Gasteiger partial charge >= 0.3 is 0 Å². The van der Waals surface area contributed by atoms with Crippen LogP contribution in [-0.2, 0) is 25.5 Å². The molecular weight excluding hydrogens is 416 g/mol. The molecule has 0 radical (unpaired) electrons. The first-order chi connectivity index (χ1) is 15.2. The minimum absolute atomic E-state index is 0.0563. The Bertz CT molecular complexity index is 894. The van der Waals surface area contributed by atoms with Crippen molar-refractivity contribution in [2.24, 2.45) is 11.8 Å². The second-order valence-corrected chi connectivity index (χ2v) is 8.85. The molecular formula is C23H30N2O7. The topological polar surface area (TPSA) is 145 Å². The molecule has 1 aliphatic carbocycles. The summed E-state index contributed by atoms with van der Waals surface area (Å²) < 4.78 is 5.11. The summed E-state index contributed by atoms with van der Waals surface area (Å²) in [7, 11) is 0. The summed E-state index contributed by atoms with van der Waals surface area (Å²) in [5.74, 6) is -3.02. The number of aliphatic hydroxyl groups excluding tert-OH is 2. The molecule has 4 unspecified atom stereocenters. The third-order valence-corrected chi connectivity index (χ3v) is 5.97. The van der Waals surface area contributed by atoms with Gasteiger partial charge in [-0.05, 0) is 30.7 Å². The highest BCUT2D eigenvalue weighted by Crippen LogP contribution is 2.30. The number of rotatable bonds is 10. The molecule has 0 spiro atoms. The summed E-state index contributed by atoms with van der Waals surface area (Å²) in [5, 5.41) is 24.2. The fourth-order valence-corrected chi connectivity index (χ4v) is 4.01. The Kier molecular flexibility index (Phi) is 7.43.